The summed E-state index contributed by atoms with van der Waals surface area (Å²) in [6, 6.07) is 13.6. The molecule has 0 atom stereocenters. The second-order valence-electron chi connectivity index (χ2n) is 5.78. The molecule has 1 heterocycles. The lowest BCUT2D eigenvalue weighted by Gasteiger charge is -2.07. The number of amides is 1. The Hall–Kier alpha value is -2.07. The first kappa shape index (κ1) is 19.7. The number of carbonyl (C=O) groups excluding carboxylic acids is 1. The van der Waals surface area contributed by atoms with Gasteiger partial charge < -0.3 is 14.5 Å². The fourth-order valence-corrected chi connectivity index (χ4v) is 3.59. The van der Waals surface area contributed by atoms with E-state index in [-0.39, 0.29) is 11.7 Å². The molecule has 0 saturated carbocycles. The number of aryl methyl sites for hydroxylation is 1. The van der Waals surface area contributed by atoms with E-state index in [9.17, 15) is 4.79 Å². The average Bonchev–Trinajstić information content (AvgIpc) is 3.10. The van der Waals surface area contributed by atoms with Crippen LogP contribution in [0.4, 0.5) is 5.69 Å². The van der Waals surface area contributed by atoms with Gasteiger partial charge in [-0.25, -0.2) is 0 Å². The summed E-state index contributed by atoms with van der Waals surface area (Å²) in [6.45, 7) is 1.97. The number of hydrogen-bond acceptors (Lipinski definition) is 6. The lowest BCUT2D eigenvalue weighted by Crippen LogP contribution is -2.14. The third-order valence-electron chi connectivity index (χ3n) is 3.75. The molecule has 0 bridgehead atoms. The molecule has 0 fully saturated rings. The van der Waals surface area contributed by atoms with Crippen LogP contribution < -0.4 is 10.1 Å². The quantitative estimate of drug-likeness (QED) is 0.389. The third kappa shape index (κ3) is 5.70. The van der Waals surface area contributed by atoms with Crippen LogP contribution in [0.5, 0.6) is 5.75 Å². The predicted molar refractivity (Wildman–Crippen MR) is 113 cm³/mol. The fraction of sp³-hybridized carbons (Fsp3) is 0.211. The minimum Gasteiger partial charge on any atom is -0.497 e. The van der Waals surface area contributed by atoms with Crippen molar-refractivity contribution < 1.29 is 13.9 Å². The molecule has 0 spiro atoms. The molecule has 0 saturated heterocycles. The smallest absolute Gasteiger partial charge is 0.277 e. The van der Waals surface area contributed by atoms with Crippen LogP contribution in [0.1, 0.15) is 17.0 Å². The Bertz CT molecular complexity index is 928. The molecule has 0 aliphatic rings. The number of aromatic nitrogens is 2. The van der Waals surface area contributed by atoms with Gasteiger partial charge in [0.2, 0.25) is 11.8 Å². The van der Waals surface area contributed by atoms with E-state index in [1.165, 1.54) is 11.8 Å². The van der Waals surface area contributed by atoms with E-state index in [1.54, 1.807) is 7.11 Å². The normalized spacial score (nSPS) is 10.6. The molecule has 8 heteroatoms. The van der Waals surface area contributed by atoms with Crippen molar-refractivity contribution in [2.75, 3.05) is 18.2 Å². The zero-order valence-electron chi connectivity index (χ0n) is 14.9. The van der Waals surface area contributed by atoms with Gasteiger partial charge in [0.15, 0.2) is 0 Å². The van der Waals surface area contributed by atoms with Crippen LogP contribution >= 0.6 is 34.4 Å². The highest BCUT2D eigenvalue weighted by atomic mass is 127. The molecule has 27 heavy (non-hydrogen) atoms. The first-order valence-corrected chi connectivity index (χ1v) is 10.2. The number of carbonyl (C=O) groups is 1. The predicted octanol–water partition coefficient (Wildman–Crippen LogP) is 4.31. The van der Waals surface area contributed by atoms with Crippen LogP contribution in [0.15, 0.2) is 52.1 Å². The molecule has 1 N–H and O–H groups in total. The van der Waals surface area contributed by atoms with Gasteiger partial charge in [0.1, 0.15) is 5.75 Å². The molecule has 3 rings (SSSR count). The summed E-state index contributed by atoms with van der Waals surface area (Å²) in [6.07, 6.45) is 0.533. The molecular weight excluding hydrogens is 477 g/mol. The second-order valence-corrected chi connectivity index (χ2v) is 7.95. The summed E-state index contributed by atoms with van der Waals surface area (Å²) in [4.78, 5) is 12.1. The van der Waals surface area contributed by atoms with Gasteiger partial charge in [-0.15, -0.1) is 10.2 Å². The van der Waals surface area contributed by atoms with Gasteiger partial charge in [0.05, 0.1) is 19.3 Å². The first-order chi connectivity index (χ1) is 13.0. The van der Waals surface area contributed by atoms with Gasteiger partial charge in [-0.05, 0) is 71.0 Å². The minimum absolute atomic E-state index is 0.112. The number of nitrogens with one attached hydrogen (secondary N) is 1. The van der Waals surface area contributed by atoms with Gasteiger partial charge in [0, 0.05) is 9.26 Å². The molecule has 140 valence electrons. The van der Waals surface area contributed by atoms with Crippen molar-refractivity contribution in [3.63, 3.8) is 0 Å². The van der Waals surface area contributed by atoms with Gasteiger partial charge in [-0.3, -0.25) is 4.79 Å². The van der Waals surface area contributed by atoms with Crippen molar-refractivity contribution in [2.24, 2.45) is 0 Å². The third-order valence-corrected chi connectivity index (χ3v) is 5.24. The molecule has 2 aromatic carbocycles. The lowest BCUT2D eigenvalue weighted by atomic mass is 10.1. The van der Waals surface area contributed by atoms with E-state index >= 15 is 0 Å². The largest absolute Gasteiger partial charge is 0.497 e. The highest BCUT2D eigenvalue weighted by Crippen LogP contribution is 2.21. The number of methoxy groups -OCH3 is 1. The maximum Gasteiger partial charge on any atom is 0.277 e. The molecule has 6 nitrogen and oxygen atoms in total. The molecule has 0 unspecified atom stereocenters. The summed E-state index contributed by atoms with van der Waals surface area (Å²) < 4.78 is 11.9. The van der Waals surface area contributed by atoms with Crippen LogP contribution in [-0.4, -0.2) is 29.0 Å². The number of rotatable bonds is 7. The Balaban J connectivity index is 1.52. The number of halogens is 1. The van der Waals surface area contributed by atoms with Crippen LogP contribution in [0.2, 0.25) is 0 Å². The van der Waals surface area contributed by atoms with E-state index in [1.807, 2.05) is 49.4 Å². The van der Waals surface area contributed by atoms with E-state index < -0.39 is 0 Å². The fourth-order valence-electron chi connectivity index (χ4n) is 2.37. The Labute approximate surface area is 175 Å². The molecule has 3 aromatic rings. The SMILES string of the molecule is COc1ccc(Cc2nnc(SCC(=O)Nc3ccc(I)cc3C)o2)cc1. The topological polar surface area (TPSA) is 77.2 Å². The van der Waals surface area contributed by atoms with Crippen molar-refractivity contribution in [3.05, 3.63) is 63.1 Å². The summed E-state index contributed by atoms with van der Waals surface area (Å²) in [5.74, 6) is 1.40. The maximum absolute atomic E-state index is 12.1. The maximum atomic E-state index is 12.1. The summed E-state index contributed by atoms with van der Waals surface area (Å²) >= 11 is 3.46. The van der Waals surface area contributed by atoms with Gasteiger partial charge >= 0.3 is 0 Å². The number of thioether (sulfide) groups is 1. The number of nitrogens with zero attached hydrogens (tertiary/aromatic N) is 2. The highest BCUT2D eigenvalue weighted by Gasteiger charge is 2.11. The Morgan fingerprint density at radius 1 is 1.22 bits per heavy atom. The van der Waals surface area contributed by atoms with Crippen molar-refractivity contribution in [1.29, 1.82) is 0 Å². The monoisotopic (exact) mass is 495 g/mol. The van der Waals surface area contributed by atoms with E-state index in [4.69, 9.17) is 9.15 Å². The Kier molecular flexibility index (Phi) is 6.73. The molecule has 1 amide bonds. The van der Waals surface area contributed by atoms with Crippen molar-refractivity contribution in [1.82, 2.24) is 10.2 Å². The molecule has 0 aliphatic carbocycles. The molecule has 0 aliphatic heterocycles. The van der Waals surface area contributed by atoms with E-state index in [0.717, 1.165) is 26.1 Å². The standard InChI is InChI=1S/C19H18IN3O3S/c1-12-9-14(20)5-8-16(12)21-17(24)11-27-19-23-22-18(26-19)10-13-3-6-15(25-2)7-4-13/h3-9H,10-11H2,1-2H3,(H,21,24). The summed E-state index contributed by atoms with van der Waals surface area (Å²) in [5, 5.41) is 11.3. The Morgan fingerprint density at radius 3 is 2.70 bits per heavy atom. The van der Waals surface area contributed by atoms with Crippen molar-refractivity contribution in [2.45, 2.75) is 18.6 Å². The first-order valence-electron chi connectivity index (χ1n) is 8.17. The zero-order chi connectivity index (χ0) is 19.2. The molecule has 1 aromatic heterocycles. The number of ether oxygens (including phenoxy) is 1. The number of benzene rings is 2. The van der Waals surface area contributed by atoms with E-state index in [2.05, 4.69) is 38.1 Å². The van der Waals surface area contributed by atoms with Crippen LogP contribution in [0.3, 0.4) is 0 Å². The zero-order valence-corrected chi connectivity index (χ0v) is 17.8. The lowest BCUT2D eigenvalue weighted by molar-refractivity contribution is -0.113. The van der Waals surface area contributed by atoms with Gasteiger partial charge in [0.25, 0.3) is 5.22 Å². The summed E-state index contributed by atoms with van der Waals surface area (Å²) in [7, 11) is 1.63. The van der Waals surface area contributed by atoms with Crippen LogP contribution in [0, 0.1) is 10.5 Å². The highest BCUT2D eigenvalue weighted by molar-refractivity contribution is 14.1. The van der Waals surface area contributed by atoms with Gasteiger partial charge in [-0.1, -0.05) is 23.9 Å². The number of hydrogen-bond donors (Lipinski definition) is 1. The second kappa shape index (κ2) is 9.23. The average molecular weight is 495 g/mol. The number of anilines is 1. The van der Waals surface area contributed by atoms with E-state index in [0.29, 0.717) is 17.5 Å². The van der Waals surface area contributed by atoms with Crippen LogP contribution in [0.25, 0.3) is 0 Å². The molecule has 0 radical (unpaired) electrons. The molecular formula is C19H18IN3O3S. The summed E-state index contributed by atoms with van der Waals surface area (Å²) in [5.41, 5.74) is 2.88. The van der Waals surface area contributed by atoms with Crippen LogP contribution in [-0.2, 0) is 11.2 Å². The Morgan fingerprint density at radius 2 is 2.00 bits per heavy atom. The minimum atomic E-state index is -0.112. The van der Waals surface area contributed by atoms with Gasteiger partial charge in [-0.2, -0.15) is 0 Å². The van der Waals surface area contributed by atoms with Crippen molar-refractivity contribution >= 4 is 45.9 Å². The van der Waals surface area contributed by atoms with Crippen molar-refractivity contribution in [3.8, 4) is 5.75 Å².